The van der Waals surface area contributed by atoms with Crippen LogP contribution in [0.15, 0.2) is 10.5 Å². The number of ether oxygens (including phenoxy) is 1. The Morgan fingerprint density at radius 1 is 1.14 bits per heavy atom. The van der Waals surface area contributed by atoms with Gasteiger partial charge in [-0.3, -0.25) is 9.69 Å². The van der Waals surface area contributed by atoms with E-state index < -0.39 is 6.10 Å². The van der Waals surface area contributed by atoms with E-state index in [4.69, 9.17) is 9.15 Å². The van der Waals surface area contributed by atoms with E-state index in [1.807, 2.05) is 6.92 Å². The third-order valence-electron chi connectivity index (χ3n) is 6.66. The Balaban J connectivity index is 1.29. The zero-order valence-corrected chi connectivity index (χ0v) is 17.0. The van der Waals surface area contributed by atoms with Crippen LogP contribution >= 0.6 is 0 Å². The van der Waals surface area contributed by atoms with Crippen LogP contribution in [-0.4, -0.2) is 85.4 Å². The minimum Gasteiger partial charge on any atom is -0.466 e. The van der Waals surface area contributed by atoms with E-state index in [0.717, 1.165) is 71.1 Å². The van der Waals surface area contributed by atoms with Crippen LogP contribution in [0.5, 0.6) is 0 Å². The topological polar surface area (TPSA) is 78.2 Å². The summed E-state index contributed by atoms with van der Waals surface area (Å²) in [5, 5.41) is 13.7. The fraction of sp³-hybridized carbons (Fsp3) is 0.762. The number of aliphatic hydroxyl groups excluding tert-OH is 1. The van der Waals surface area contributed by atoms with Gasteiger partial charge in [0.05, 0.1) is 30.9 Å². The zero-order valence-electron chi connectivity index (χ0n) is 17.0. The molecule has 4 rings (SSSR count). The molecule has 2 N–H and O–H groups in total. The lowest BCUT2D eigenvalue weighted by molar-refractivity contribution is 0.0341. The van der Waals surface area contributed by atoms with Crippen LogP contribution in [0.3, 0.4) is 0 Å². The minimum absolute atomic E-state index is 0.140. The number of aliphatic hydroxyl groups is 1. The number of nitrogens with one attached hydrogen (secondary N) is 1. The molecular weight excluding hydrogens is 358 g/mol. The third-order valence-corrected chi connectivity index (χ3v) is 6.66. The summed E-state index contributed by atoms with van der Waals surface area (Å²) in [6.07, 6.45) is 1.15. The number of amides is 1. The van der Waals surface area contributed by atoms with Crippen molar-refractivity contribution in [3.63, 3.8) is 0 Å². The normalized spacial score (nSPS) is 31.7. The summed E-state index contributed by atoms with van der Waals surface area (Å²) >= 11 is 0. The molecule has 4 atom stereocenters. The fourth-order valence-electron chi connectivity index (χ4n) is 5.08. The highest BCUT2D eigenvalue weighted by atomic mass is 16.5. The molecule has 1 aromatic rings. The van der Waals surface area contributed by atoms with Crippen molar-refractivity contribution in [1.82, 2.24) is 15.1 Å². The molecule has 1 aliphatic carbocycles. The molecule has 1 aromatic heterocycles. The Kier molecular flexibility index (Phi) is 6.06. The molecule has 3 heterocycles. The second-order valence-corrected chi connectivity index (χ2v) is 8.68. The van der Waals surface area contributed by atoms with Gasteiger partial charge in [-0.1, -0.05) is 0 Å². The Labute approximate surface area is 167 Å². The summed E-state index contributed by atoms with van der Waals surface area (Å²) in [4.78, 5) is 17.6. The minimum atomic E-state index is -0.474. The highest BCUT2D eigenvalue weighted by Crippen LogP contribution is 2.36. The molecule has 156 valence electrons. The van der Waals surface area contributed by atoms with E-state index in [1.54, 1.807) is 13.0 Å². The van der Waals surface area contributed by atoms with Gasteiger partial charge in [0, 0.05) is 39.3 Å². The standard InChI is InChI=1S/C21H33N3O4/c1-14-9-18(15(2)28-14)21(26)22-19-10-16-12-24(13-17(16)11-20(19)25)4-3-23-5-7-27-8-6-23/h9,16-17,19-20,25H,3-8,10-13H2,1-2H3,(H,22,26)/t16-,17+,19-,20-/m0/s1. The Bertz CT molecular complexity index is 685. The van der Waals surface area contributed by atoms with Crippen molar-refractivity contribution in [3.05, 3.63) is 23.2 Å². The van der Waals surface area contributed by atoms with Gasteiger partial charge in [-0.15, -0.1) is 0 Å². The lowest BCUT2D eigenvalue weighted by Gasteiger charge is -2.35. The number of morpholine rings is 1. The van der Waals surface area contributed by atoms with Crippen LogP contribution in [0.25, 0.3) is 0 Å². The van der Waals surface area contributed by atoms with Gasteiger partial charge in [-0.25, -0.2) is 0 Å². The summed E-state index contributed by atoms with van der Waals surface area (Å²) in [7, 11) is 0. The molecule has 0 unspecified atom stereocenters. The van der Waals surface area contributed by atoms with Crippen LogP contribution in [0.2, 0.25) is 0 Å². The average molecular weight is 392 g/mol. The van der Waals surface area contributed by atoms with Crippen molar-refractivity contribution in [2.24, 2.45) is 11.8 Å². The highest BCUT2D eigenvalue weighted by Gasteiger charge is 2.42. The third kappa shape index (κ3) is 4.43. The van der Waals surface area contributed by atoms with E-state index in [0.29, 0.717) is 23.2 Å². The lowest BCUT2D eigenvalue weighted by atomic mass is 9.77. The number of nitrogens with zero attached hydrogens (tertiary/aromatic N) is 2. The molecule has 28 heavy (non-hydrogen) atoms. The molecule has 1 amide bonds. The number of hydrogen-bond acceptors (Lipinski definition) is 6. The molecule has 2 aliphatic heterocycles. The van der Waals surface area contributed by atoms with Gasteiger partial charge in [0.15, 0.2) is 0 Å². The number of fused-ring (bicyclic) bond motifs is 1. The summed E-state index contributed by atoms with van der Waals surface area (Å²) < 4.78 is 10.9. The van der Waals surface area contributed by atoms with Crippen LogP contribution < -0.4 is 5.32 Å². The van der Waals surface area contributed by atoms with Crippen molar-refractivity contribution in [3.8, 4) is 0 Å². The molecule has 7 nitrogen and oxygen atoms in total. The number of carbonyl (C=O) groups excluding carboxylic acids is 1. The largest absolute Gasteiger partial charge is 0.466 e. The van der Waals surface area contributed by atoms with E-state index >= 15 is 0 Å². The first-order valence-corrected chi connectivity index (χ1v) is 10.6. The fourth-order valence-corrected chi connectivity index (χ4v) is 5.08. The second kappa shape index (κ2) is 8.53. The smallest absolute Gasteiger partial charge is 0.255 e. The Morgan fingerprint density at radius 2 is 1.82 bits per heavy atom. The van der Waals surface area contributed by atoms with Crippen LogP contribution in [0, 0.1) is 25.7 Å². The molecule has 0 radical (unpaired) electrons. The lowest BCUT2D eigenvalue weighted by Crippen LogP contribution is -2.49. The van der Waals surface area contributed by atoms with E-state index in [-0.39, 0.29) is 11.9 Å². The van der Waals surface area contributed by atoms with Crippen molar-refractivity contribution in [2.75, 3.05) is 52.5 Å². The first-order valence-electron chi connectivity index (χ1n) is 10.6. The molecule has 7 heteroatoms. The first kappa shape index (κ1) is 19.9. The Hall–Kier alpha value is -1.41. The van der Waals surface area contributed by atoms with Gasteiger partial charge in [0.2, 0.25) is 0 Å². The monoisotopic (exact) mass is 391 g/mol. The Morgan fingerprint density at radius 3 is 2.50 bits per heavy atom. The number of likely N-dealkylation sites (tertiary alicyclic amines) is 1. The number of hydrogen-bond donors (Lipinski definition) is 2. The van der Waals surface area contributed by atoms with Crippen molar-refractivity contribution in [2.45, 2.75) is 38.8 Å². The maximum absolute atomic E-state index is 12.6. The van der Waals surface area contributed by atoms with Gasteiger partial charge in [-0.05, 0) is 44.6 Å². The average Bonchev–Trinajstić information content (AvgIpc) is 3.22. The molecule has 2 saturated heterocycles. The summed E-state index contributed by atoms with van der Waals surface area (Å²) in [6.45, 7) is 11.7. The van der Waals surface area contributed by atoms with E-state index in [2.05, 4.69) is 15.1 Å². The number of rotatable bonds is 5. The molecule has 0 aromatic carbocycles. The van der Waals surface area contributed by atoms with Gasteiger partial charge >= 0.3 is 0 Å². The molecule has 3 fully saturated rings. The van der Waals surface area contributed by atoms with Crippen LogP contribution in [0.4, 0.5) is 0 Å². The van der Waals surface area contributed by atoms with Gasteiger partial charge in [0.1, 0.15) is 11.5 Å². The summed E-state index contributed by atoms with van der Waals surface area (Å²) in [5.74, 6) is 2.31. The van der Waals surface area contributed by atoms with Gasteiger partial charge < -0.3 is 24.5 Å². The van der Waals surface area contributed by atoms with Crippen molar-refractivity contribution in [1.29, 1.82) is 0 Å². The predicted molar refractivity (Wildman–Crippen MR) is 105 cm³/mol. The molecular formula is C21H33N3O4. The maximum Gasteiger partial charge on any atom is 0.255 e. The first-order chi connectivity index (χ1) is 13.5. The number of furan rings is 1. The van der Waals surface area contributed by atoms with Crippen molar-refractivity contribution < 1.29 is 19.1 Å². The number of aryl methyl sites for hydroxylation is 2. The quantitative estimate of drug-likeness (QED) is 0.781. The predicted octanol–water partition coefficient (Wildman–Crippen LogP) is 1.03. The SMILES string of the molecule is Cc1cc(C(=O)N[C@H]2C[C@H]3CN(CCN4CCOCC4)C[C@H]3C[C@@H]2O)c(C)o1. The maximum atomic E-state index is 12.6. The second-order valence-electron chi connectivity index (χ2n) is 8.68. The molecule has 0 spiro atoms. The highest BCUT2D eigenvalue weighted by molar-refractivity contribution is 5.95. The van der Waals surface area contributed by atoms with Crippen molar-refractivity contribution >= 4 is 5.91 Å². The zero-order chi connectivity index (χ0) is 19.7. The summed E-state index contributed by atoms with van der Waals surface area (Å²) in [5.41, 5.74) is 0.574. The van der Waals surface area contributed by atoms with Gasteiger partial charge in [0.25, 0.3) is 5.91 Å². The van der Waals surface area contributed by atoms with E-state index in [1.165, 1.54) is 0 Å². The van der Waals surface area contributed by atoms with Crippen LogP contribution in [0.1, 0.15) is 34.7 Å². The molecule has 0 bridgehead atoms. The van der Waals surface area contributed by atoms with Gasteiger partial charge in [-0.2, -0.15) is 0 Å². The summed E-state index contributed by atoms with van der Waals surface area (Å²) in [6, 6.07) is 1.59. The molecule has 3 aliphatic rings. The van der Waals surface area contributed by atoms with E-state index in [9.17, 15) is 9.90 Å². The molecule has 1 saturated carbocycles. The van der Waals surface area contributed by atoms with Crippen LogP contribution in [-0.2, 0) is 4.74 Å². The number of carbonyl (C=O) groups is 1.